The SMILES string of the molecule is Cc1ncsc1CCNC(C)c1ccccc1. The Kier molecular flexibility index (Phi) is 4.29. The third-order valence-corrected chi connectivity index (χ3v) is 3.94. The van der Waals surface area contributed by atoms with Crippen molar-refractivity contribution in [2.24, 2.45) is 0 Å². The van der Waals surface area contributed by atoms with Crippen LogP contribution in [0, 0.1) is 6.92 Å². The molecular weight excluding hydrogens is 228 g/mol. The minimum atomic E-state index is 0.407. The van der Waals surface area contributed by atoms with E-state index in [4.69, 9.17) is 0 Å². The van der Waals surface area contributed by atoms with E-state index >= 15 is 0 Å². The van der Waals surface area contributed by atoms with Gasteiger partial charge in [-0.1, -0.05) is 30.3 Å². The van der Waals surface area contributed by atoms with Crippen molar-refractivity contribution < 1.29 is 0 Å². The highest BCUT2D eigenvalue weighted by Crippen LogP contribution is 2.14. The maximum Gasteiger partial charge on any atom is 0.0797 e. The zero-order valence-electron chi connectivity index (χ0n) is 10.3. The molecule has 0 spiro atoms. The maximum absolute atomic E-state index is 4.26. The number of aryl methyl sites for hydroxylation is 1. The molecule has 2 nitrogen and oxygen atoms in total. The average Bonchev–Trinajstić information content (AvgIpc) is 2.76. The van der Waals surface area contributed by atoms with Crippen molar-refractivity contribution in [2.75, 3.05) is 6.54 Å². The number of hydrogen-bond donors (Lipinski definition) is 1. The van der Waals surface area contributed by atoms with E-state index in [9.17, 15) is 0 Å². The molecule has 0 saturated carbocycles. The van der Waals surface area contributed by atoms with E-state index in [-0.39, 0.29) is 0 Å². The smallest absolute Gasteiger partial charge is 0.0797 e. The first-order valence-corrected chi connectivity index (χ1v) is 6.82. The number of nitrogens with one attached hydrogen (secondary N) is 1. The normalized spacial score (nSPS) is 12.6. The number of aromatic nitrogens is 1. The quantitative estimate of drug-likeness (QED) is 0.875. The van der Waals surface area contributed by atoms with Gasteiger partial charge in [0.05, 0.1) is 11.2 Å². The second-order valence-corrected chi connectivity index (χ2v) is 5.14. The monoisotopic (exact) mass is 246 g/mol. The first kappa shape index (κ1) is 12.3. The van der Waals surface area contributed by atoms with Crippen molar-refractivity contribution in [2.45, 2.75) is 26.3 Å². The minimum absolute atomic E-state index is 0.407. The molecule has 2 aromatic rings. The van der Waals surface area contributed by atoms with Crippen LogP contribution in [0.3, 0.4) is 0 Å². The predicted molar refractivity (Wildman–Crippen MR) is 73.4 cm³/mol. The summed E-state index contributed by atoms with van der Waals surface area (Å²) in [5, 5.41) is 3.54. The minimum Gasteiger partial charge on any atom is -0.310 e. The molecule has 1 atom stereocenters. The van der Waals surface area contributed by atoms with Crippen LogP contribution in [0.25, 0.3) is 0 Å². The molecule has 2 rings (SSSR count). The fraction of sp³-hybridized carbons (Fsp3) is 0.357. The largest absolute Gasteiger partial charge is 0.310 e. The van der Waals surface area contributed by atoms with E-state index < -0.39 is 0 Å². The molecule has 0 aliphatic heterocycles. The van der Waals surface area contributed by atoms with E-state index in [1.165, 1.54) is 16.1 Å². The molecule has 17 heavy (non-hydrogen) atoms. The zero-order chi connectivity index (χ0) is 12.1. The van der Waals surface area contributed by atoms with E-state index in [0.29, 0.717) is 6.04 Å². The molecule has 0 bridgehead atoms. The second kappa shape index (κ2) is 5.94. The molecule has 0 aliphatic rings. The number of nitrogens with zero attached hydrogens (tertiary/aromatic N) is 1. The molecule has 1 heterocycles. The molecular formula is C14H18N2S. The predicted octanol–water partition coefficient (Wildman–Crippen LogP) is 3.34. The Balaban J connectivity index is 1.81. The topological polar surface area (TPSA) is 24.9 Å². The Bertz CT molecular complexity index is 450. The van der Waals surface area contributed by atoms with E-state index in [1.54, 1.807) is 11.3 Å². The van der Waals surface area contributed by atoms with Gasteiger partial charge in [-0.2, -0.15) is 0 Å². The lowest BCUT2D eigenvalue weighted by Gasteiger charge is -2.13. The van der Waals surface area contributed by atoms with Crippen LogP contribution in [0.5, 0.6) is 0 Å². The summed E-state index contributed by atoms with van der Waals surface area (Å²) in [6, 6.07) is 11.0. The van der Waals surface area contributed by atoms with Gasteiger partial charge in [-0.25, -0.2) is 4.98 Å². The first-order chi connectivity index (χ1) is 8.27. The summed E-state index contributed by atoms with van der Waals surface area (Å²) < 4.78 is 0. The van der Waals surface area contributed by atoms with Gasteiger partial charge in [0.25, 0.3) is 0 Å². The average molecular weight is 246 g/mol. The molecule has 0 fully saturated rings. The Labute approximate surface area is 107 Å². The zero-order valence-corrected chi connectivity index (χ0v) is 11.1. The Morgan fingerprint density at radius 1 is 1.29 bits per heavy atom. The number of rotatable bonds is 5. The van der Waals surface area contributed by atoms with Gasteiger partial charge in [0.2, 0.25) is 0 Å². The van der Waals surface area contributed by atoms with Crippen molar-refractivity contribution in [1.29, 1.82) is 0 Å². The van der Waals surface area contributed by atoms with Crippen LogP contribution >= 0.6 is 11.3 Å². The molecule has 0 aliphatic carbocycles. The summed E-state index contributed by atoms with van der Waals surface area (Å²) in [7, 11) is 0. The van der Waals surface area contributed by atoms with Crippen LogP contribution in [0.1, 0.15) is 29.1 Å². The van der Waals surface area contributed by atoms with Crippen molar-refractivity contribution in [3.05, 3.63) is 52.0 Å². The number of thiazole rings is 1. The summed E-state index contributed by atoms with van der Waals surface area (Å²) in [5.74, 6) is 0. The van der Waals surface area contributed by atoms with Gasteiger partial charge in [-0.05, 0) is 25.8 Å². The lowest BCUT2D eigenvalue weighted by molar-refractivity contribution is 0.578. The molecule has 90 valence electrons. The van der Waals surface area contributed by atoms with Crippen LogP contribution < -0.4 is 5.32 Å². The summed E-state index contributed by atoms with van der Waals surface area (Å²) >= 11 is 1.75. The third-order valence-electron chi connectivity index (χ3n) is 2.95. The maximum atomic E-state index is 4.26. The second-order valence-electron chi connectivity index (χ2n) is 4.20. The summed E-state index contributed by atoms with van der Waals surface area (Å²) in [6.07, 6.45) is 1.06. The lowest BCUT2D eigenvalue weighted by Crippen LogP contribution is -2.21. The first-order valence-electron chi connectivity index (χ1n) is 5.94. The Morgan fingerprint density at radius 2 is 2.06 bits per heavy atom. The van der Waals surface area contributed by atoms with Crippen molar-refractivity contribution >= 4 is 11.3 Å². The molecule has 3 heteroatoms. The molecule has 0 saturated heterocycles. The Morgan fingerprint density at radius 3 is 2.71 bits per heavy atom. The molecule has 1 N–H and O–H groups in total. The fourth-order valence-electron chi connectivity index (χ4n) is 1.83. The van der Waals surface area contributed by atoms with Crippen LogP contribution in [0.15, 0.2) is 35.8 Å². The van der Waals surface area contributed by atoms with Crippen molar-refractivity contribution in [3.63, 3.8) is 0 Å². The van der Waals surface area contributed by atoms with Gasteiger partial charge in [0, 0.05) is 17.5 Å². The molecule has 0 radical (unpaired) electrons. The van der Waals surface area contributed by atoms with Gasteiger partial charge in [-0.15, -0.1) is 11.3 Å². The highest BCUT2D eigenvalue weighted by atomic mass is 32.1. The van der Waals surface area contributed by atoms with Gasteiger partial charge in [-0.3, -0.25) is 0 Å². The number of benzene rings is 1. The summed E-state index contributed by atoms with van der Waals surface area (Å²) in [6.45, 7) is 5.28. The van der Waals surface area contributed by atoms with Gasteiger partial charge < -0.3 is 5.32 Å². The van der Waals surface area contributed by atoms with Crippen molar-refractivity contribution in [3.8, 4) is 0 Å². The van der Waals surface area contributed by atoms with E-state index in [2.05, 4.69) is 54.5 Å². The molecule has 1 aromatic carbocycles. The fourth-order valence-corrected chi connectivity index (χ4v) is 2.61. The lowest BCUT2D eigenvalue weighted by atomic mass is 10.1. The number of hydrogen-bond acceptors (Lipinski definition) is 3. The highest BCUT2D eigenvalue weighted by Gasteiger charge is 2.05. The Hall–Kier alpha value is -1.19. The molecule has 1 aromatic heterocycles. The van der Waals surface area contributed by atoms with Gasteiger partial charge >= 0.3 is 0 Å². The van der Waals surface area contributed by atoms with Crippen LogP contribution in [0.2, 0.25) is 0 Å². The molecule has 1 unspecified atom stereocenters. The van der Waals surface area contributed by atoms with Gasteiger partial charge in [0.1, 0.15) is 0 Å². The van der Waals surface area contributed by atoms with Gasteiger partial charge in [0.15, 0.2) is 0 Å². The van der Waals surface area contributed by atoms with E-state index in [1.807, 2.05) is 5.51 Å². The van der Waals surface area contributed by atoms with Crippen LogP contribution in [-0.4, -0.2) is 11.5 Å². The summed E-state index contributed by atoms with van der Waals surface area (Å²) in [5.41, 5.74) is 4.43. The van der Waals surface area contributed by atoms with Crippen LogP contribution in [-0.2, 0) is 6.42 Å². The molecule has 0 amide bonds. The highest BCUT2D eigenvalue weighted by molar-refractivity contribution is 7.09. The van der Waals surface area contributed by atoms with E-state index in [0.717, 1.165) is 13.0 Å². The van der Waals surface area contributed by atoms with Crippen LogP contribution in [0.4, 0.5) is 0 Å². The summed E-state index contributed by atoms with van der Waals surface area (Å²) in [4.78, 5) is 5.65. The standard InChI is InChI=1S/C14H18N2S/c1-11(13-6-4-3-5-7-13)15-9-8-14-12(2)16-10-17-14/h3-7,10-11,15H,8-9H2,1-2H3. The van der Waals surface area contributed by atoms with Crippen molar-refractivity contribution in [1.82, 2.24) is 10.3 Å². The third kappa shape index (κ3) is 3.38.